The summed E-state index contributed by atoms with van der Waals surface area (Å²) in [6.07, 6.45) is -0.0743. The Balaban J connectivity index is 2.74. The van der Waals surface area contributed by atoms with Crippen molar-refractivity contribution in [2.24, 2.45) is 0 Å². The van der Waals surface area contributed by atoms with Gasteiger partial charge in [0.2, 0.25) is 0 Å². The van der Waals surface area contributed by atoms with E-state index in [4.69, 9.17) is 15.4 Å². The van der Waals surface area contributed by atoms with Crippen molar-refractivity contribution in [1.29, 1.82) is 0 Å². The average molecular weight is 214 g/mol. The summed E-state index contributed by atoms with van der Waals surface area (Å²) in [4.78, 5) is 0. The van der Waals surface area contributed by atoms with Crippen LogP contribution in [0.25, 0.3) is 0 Å². The van der Waals surface area contributed by atoms with Crippen molar-refractivity contribution in [2.75, 3.05) is 13.2 Å². The zero-order chi connectivity index (χ0) is 9.35. The lowest BCUT2D eigenvalue weighted by Gasteiger charge is -2.33. The van der Waals surface area contributed by atoms with Crippen LogP contribution in [0.1, 0.15) is 13.8 Å². The fraction of sp³-hybridized carbons (Fsp3) is 1.00. The van der Waals surface area contributed by atoms with Crippen molar-refractivity contribution in [2.45, 2.75) is 26.0 Å². The minimum absolute atomic E-state index is 0.0743. The fourth-order valence-electron chi connectivity index (χ4n) is 1.18. The van der Waals surface area contributed by atoms with Gasteiger partial charge in [-0.15, -0.1) is 0 Å². The number of nitrogens with zero attached hydrogens (tertiary/aromatic N) is 1. The van der Waals surface area contributed by atoms with Crippen LogP contribution in [0.3, 0.4) is 0 Å². The molecule has 0 aromatic carbocycles. The molecule has 1 aliphatic heterocycles. The van der Waals surface area contributed by atoms with Crippen LogP contribution in [0.2, 0.25) is 0 Å². The van der Waals surface area contributed by atoms with Crippen LogP contribution in [0.15, 0.2) is 0 Å². The molecule has 4 nitrogen and oxygen atoms in total. The van der Waals surface area contributed by atoms with Crippen LogP contribution >= 0.6 is 10.7 Å². The molecule has 0 saturated carbocycles. The quantitative estimate of drug-likeness (QED) is 0.599. The summed E-state index contributed by atoms with van der Waals surface area (Å²) in [6, 6.07) is -0.163. The van der Waals surface area contributed by atoms with E-state index in [1.165, 1.54) is 4.31 Å². The Morgan fingerprint density at radius 2 is 2.08 bits per heavy atom. The Kier molecular flexibility index (Phi) is 2.98. The van der Waals surface area contributed by atoms with E-state index in [2.05, 4.69) is 0 Å². The maximum absolute atomic E-state index is 11.0. The molecule has 1 heterocycles. The van der Waals surface area contributed by atoms with Crippen molar-refractivity contribution in [1.82, 2.24) is 4.31 Å². The van der Waals surface area contributed by atoms with E-state index in [-0.39, 0.29) is 12.1 Å². The maximum Gasteiger partial charge on any atom is 0.300 e. The van der Waals surface area contributed by atoms with E-state index in [1.54, 1.807) is 6.92 Å². The molecule has 0 aromatic rings. The van der Waals surface area contributed by atoms with Gasteiger partial charge in [-0.25, -0.2) is 0 Å². The minimum atomic E-state index is -3.58. The molecule has 0 unspecified atom stereocenters. The summed E-state index contributed by atoms with van der Waals surface area (Å²) < 4.78 is 28.5. The number of ether oxygens (including phenoxy) is 1. The molecule has 0 N–H and O–H groups in total. The molecule has 0 aromatic heterocycles. The molecule has 0 amide bonds. The normalized spacial score (nSPS) is 33.6. The van der Waals surface area contributed by atoms with Crippen molar-refractivity contribution in [3.63, 3.8) is 0 Å². The lowest BCUT2D eigenvalue weighted by Crippen LogP contribution is -2.48. The highest BCUT2D eigenvalue weighted by atomic mass is 35.7. The predicted octanol–water partition coefficient (Wildman–Crippen LogP) is 0.579. The van der Waals surface area contributed by atoms with Crippen molar-refractivity contribution >= 4 is 19.9 Å². The topological polar surface area (TPSA) is 46.6 Å². The highest BCUT2D eigenvalue weighted by Crippen LogP contribution is 2.17. The number of hydrogen-bond donors (Lipinski definition) is 0. The van der Waals surface area contributed by atoms with Gasteiger partial charge in [0.1, 0.15) is 0 Å². The van der Waals surface area contributed by atoms with Crippen LogP contribution < -0.4 is 0 Å². The van der Waals surface area contributed by atoms with Gasteiger partial charge in [0.05, 0.1) is 12.7 Å². The van der Waals surface area contributed by atoms with Gasteiger partial charge in [0.15, 0.2) is 0 Å². The van der Waals surface area contributed by atoms with Gasteiger partial charge >= 0.3 is 0 Å². The van der Waals surface area contributed by atoms with Crippen LogP contribution in [0, 0.1) is 0 Å². The first kappa shape index (κ1) is 10.2. The van der Waals surface area contributed by atoms with Crippen LogP contribution in [0.4, 0.5) is 0 Å². The third-order valence-corrected chi connectivity index (χ3v) is 3.43. The number of rotatable bonds is 1. The van der Waals surface area contributed by atoms with E-state index < -0.39 is 9.24 Å². The molecule has 72 valence electrons. The first-order chi connectivity index (χ1) is 5.41. The van der Waals surface area contributed by atoms with E-state index >= 15 is 0 Å². The second kappa shape index (κ2) is 3.49. The van der Waals surface area contributed by atoms with E-state index in [0.29, 0.717) is 13.2 Å². The first-order valence-electron chi connectivity index (χ1n) is 3.74. The lowest BCUT2D eigenvalue weighted by atomic mass is 10.2. The zero-order valence-electron chi connectivity index (χ0n) is 7.03. The monoisotopic (exact) mass is 213 g/mol. The molecule has 2 atom stereocenters. The Morgan fingerprint density at radius 1 is 1.50 bits per heavy atom. The van der Waals surface area contributed by atoms with E-state index in [0.717, 1.165) is 0 Å². The molecule has 12 heavy (non-hydrogen) atoms. The number of morpholine rings is 1. The Morgan fingerprint density at radius 3 is 2.50 bits per heavy atom. The van der Waals surface area contributed by atoms with Crippen molar-refractivity contribution < 1.29 is 13.2 Å². The minimum Gasteiger partial charge on any atom is -0.375 e. The molecule has 0 spiro atoms. The highest BCUT2D eigenvalue weighted by molar-refractivity contribution is 8.11. The molecule has 6 heteroatoms. The molecule has 0 bridgehead atoms. The third kappa shape index (κ3) is 2.32. The van der Waals surface area contributed by atoms with E-state index in [9.17, 15) is 8.42 Å². The zero-order valence-corrected chi connectivity index (χ0v) is 8.60. The fourth-order valence-corrected chi connectivity index (χ4v) is 2.63. The molecular weight excluding hydrogens is 202 g/mol. The van der Waals surface area contributed by atoms with Crippen LogP contribution in [-0.4, -0.2) is 38.0 Å². The van der Waals surface area contributed by atoms with E-state index in [1.807, 2.05) is 6.92 Å². The lowest BCUT2D eigenvalue weighted by molar-refractivity contribution is -0.0162. The van der Waals surface area contributed by atoms with Crippen molar-refractivity contribution in [3.8, 4) is 0 Å². The van der Waals surface area contributed by atoms with Crippen LogP contribution in [-0.2, 0) is 14.0 Å². The first-order valence-corrected chi connectivity index (χ1v) is 6.01. The molecule has 0 aliphatic carbocycles. The van der Waals surface area contributed by atoms with Gasteiger partial charge in [0, 0.05) is 23.3 Å². The van der Waals surface area contributed by atoms with Crippen LogP contribution in [0.5, 0.6) is 0 Å². The van der Waals surface area contributed by atoms with Gasteiger partial charge in [-0.05, 0) is 13.8 Å². The highest BCUT2D eigenvalue weighted by Gasteiger charge is 2.31. The van der Waals surface area contributed by atoms with Gasteiger partial charge in [0.25, 0.3) is 9.24 Å². The number of halogens is 1. The number of hydrogen-bond acceptors (Lipinski definition) is 3. The Hall–Kier alpha value is 0.160. The van der Waals surface area contributed by atoms with Gasteiger partial charge in [-0.3, -0.25) is 0 Å². The summed E-state index contributed by atoms with van der Waals surface area (Å²) in [5.74, 6) is 0. The Labute approximate surface area is 77.0 Å². The summed E-state index contributed by atoms with van der Waals surface area (Å²) in [7, 11) is 1.63. The second-order valence-corrected chi connectivity index (χ2v) is 5.47. The Bertz CT molecular complexity index is 254. The molecule has 1 aliphatic rings. The standard InChI is InChI=1S/C6H12ClNO3S/c1-5-4-11-6(2)3-8(5)12(7,9)10/h5-6H,3-4H2,1-2H3/t5-,6+/m0/s1. The second-order valence-electron chi connectivity index (χ2n) is 3.00. The average Bonchev–Trinajstić information content (AvgIpc) is 1.92. The molecule has 1 saturated heterocycles. The van der Waals surface area contributed by atoms with Gasteiger partial charge < -0.3 is 4.74 Å². The maximum atomic E-state index is 11.0. The van der Waals surface area contributed by atoms with Crippen molar-refractivity contribution in [3.05, 3.63) is 0 Å². The molecular formula is C6H12ClNO3S. The summed E-state index contributed by atoms with van der Waals surface area (Å²) in [6.45, 7) is 4.34. The SMILES string of the molecule is C[C@@H]1CN(S(=O)(=O)Cl)[C@@H](C)CO1. The largest absolute Gasteiger partial charge is 0.375 e. The predicted molar refractivity (Wildman–Crippen MR) is 46.4 cm³/mol. The summed E-state index contributed by atoms with van der Waals surface area (Å²) in [5.41, 5.74) is 0. The smallest absolute Gasteiger partial charge is 0.300 e. The summed E-state index contributed by atoms with van der Waals surface area (Å²) >= 11 is 0. The molecule has 1 fully saturated rings. The van der Waals surface area contributed by atoms with Gasteiger partial charge in [-0.1, -0.05) is 0 Å². The third-order valence-electron chi connectivity index (χ3n) is 1.83. The molecule has 1 rings (SSSR count). The van der Waals surface area contributed by atoms with Gasteiger partial charge in [-0.2, -0.15) is 12.7 Å². The summed E-state index contributed by atoms with van der Waals surface area (Å²) in [5, 5.41) is 0. The molecule has 0 radical (unpaired) electrons.